The van der Waals surface area contributed by atoms with E-state index in [1.54, 1.807) is 0 Å². The zero-order valence-corrected chi connectivity index (χ0v) is 13.6. The van der Waals surface area contributed by atoms with Crippen LogP contribution in [0.4, 0.5) is 0 Å². The molecule has 2 saturated heterocycles. The first-order valence-corrected chi connectivity index (χ1v) is 9.43. The van der Waals surface area contributed by atoms with Crippen LogP contribution in [0, 0.1) is 29.6 Å². The molecule has 7 atom stereocenters. The summed E-state index contributed by atoms with van der Waals surface area (Å²) in [4.78, 5) is 12.5. The number of esters is 1. The van der Waals surface area contributed by atoms with Crippen LogP contribution in [0.25, 0.3) is 0 Å². The van der Waals surface area contributed by atoms with Gasteiger partial charge in [-0.1, -0.05) is 31.4 Å². The average Bonchev–Trinajstić information content (AvgIpc) is 3.34. The van der Waals surface area contributed by atoms with Crippen LogP contribution >= 0.6 is 0 Å². The van der Waals surface area contributed by atoms with Crippen molar-refractivity contribution in [2.75, 3.05) is 6.79 Å². The lowest BCUT2D eigenvalue weighted by Gasteiger charge is -2.32. The van der Waals surface area contributed by atoms with E-state index in [2.05, 4.69) is 12.2 Å². The van der Waals surface area contributed by atoms with E-state index in [1.807, 2.05) is 0 Å². The summed E-state index contributed by atoms with van der Waals surface area (Å²) in [5.74, 6) is 2.39. The summed E-state index contributed by atoms with van der Waals surface area (Å²) in [6.07, 6.45) is 13.5. The van der Waals surface area contributed by atoms with Crippen LogP contribution in [0.3, 0.4) is 0 Å². The van der Waals surface area contributed by atoms with E-state index >= 15 is 0 Å². The Balaban J connectivity index is 1.16. The highest BCUT2D eigenvalue weighted by Gasteiger charge is 2.64. The fraction of sp³-hybridized carbons (Fsp3) is 0.842. The van der Waals surface area contributed by atoms with E-state index < -0.39 is 0 Å². The van der Waals surface area contributed by atoms with Gasteiger partial charge in [0.15, 0.2) is 6.79 Å². The Morgan fingerprint density at radius 1 is 1.04 bits per heavy atom. The zero-order valence-electron chi connectivity index (χ0n) is 13.6. The Hall–Kier alpha value is -0.870. The van der Waals surface area contributed by atoms with Crippen molar-refractivity contribution in [3.05, 3.63) is 12.2 Å². The number of ether oxygens (including phenoxy) is 3. The summed E-state index contributed by atoms with van der Waals surface area (Å²) in [7, 11) is 0. The Morgan fingerprint density at radius 3 is 2.65 bits per heavy atom. The molecule has 0 radical (unpaired) electrons. The minimum Gasteiger partial charge on any atom is -0.438 e. The number of hydrogen-bond donors (Lipinski definition) is 0. The van der Waals surface area contributed by atoms with Gasteiger partial charge in [0.05, 0.1) is 24.2 Å². The molecule has 0 amide bonds. The van der Waals surface area contributed by atoms with Crippen LogP contribution in [0.1, 0.15) is 44.9 Å². The van der Waals surface area contributed by atoms with Crippen molar-refractivity contribution in [2.24, 2.45) is 29.6 Å². The van der Waals surface area contributed by atoms with Crippen LogP contribution in [0.15, 0.2) is 12.2 Å². The lowest BCUT2D eigenvalue weighted by Crippen LogP contribution is -2.39. The van der Waals surface area contributed by atoms with Gasteiger partial charge in [-0.25, -0.2) is 0 Å². The van der Waals surface area contributed by atoms with Crippen LogP contribution in [0.2, 0.25) is 0 Å². The molecular formula is C19H26O4. The van der Waals surface area contributed by atoms with E-state index in [4.69, 9.17) is 14.2 Å². The number of carbonyl (C=O) groups is 1. The molecule has 0 aromatic carbocycles. The van der Waals surface area contributed by atoms with Gasteiger partial charge in [-0.15, -0.1) is 0 Å². The molecule has 0 spiro atoms. The van der Waals surface area contributed by atoms with Gasteiger partial charge in [-0.05, 0) is 49.4 Å². The largest absolute Gasteiger partial charge is 0.438 e. The molecule has 7 unspecified atom stereocenters. The topological polar surface area (TPSA) is 44.8 Å². The third kappa shape index (κ3) is 2.29. The maximum atomic E-state index is 12.5. The molecule has 23 heavy (non-hydrogen) atoms. The van der Waals surface area contributed by atoms with Crippen molar-refractivity contribution in [1.82, 2.24) is 0 Å². The van der Waals surface area contributed by atoms with Crippen molar-refractivity contribution in [3.8, 4) is 0 Å². The minimum atomic E-state index is -0.0986. The molecule has 5 aliphatic rings. The predicted molar refractivity (Wildman–Crippen MR) is 83.4 cm³/mol. The second-order valence-electron chi connectivity index (χ2n) is 8.09. The van der Waals surface area contributed by atoms with Crippen molar-refractivity contribution >= 4 is 5.97 Å². The Bertz CT molecular complexity index is 509. The highest BCUT2D eigenvalue weighted by atomic mass is 16.7. The third-order valence-electron chi connectivity index (χ3n) is 6.97. The third-order valence-corrected chi connectivity index (χ3v) is 6.97. The highest BCUT2D eigenvalue weighted by Crippen LogP contribution is 2.61. The molecule has 0 N–H and O–H groups in total. The van der Waals surface area contributed by atoms with Gasteiger partial charge in [0.1, 0.15) is 0 Å². The second kappa shape index (κ2) is 5.59. The van der Waals surface area contributed by atoms with Gasteiger partial charge in [0.2, 0.25) is 0 Å². The van der Waals surface area contributed by atoms with Crippen LogP contribution in [0.5, 0.6) is 0 Å². The van der Waals surface area contributed by atoms with Gasteiger partial charge in [-0.2, -0.15) is 0 Å². The Kier molecular flexibility index (Phi) is 3.52. The lowest BCUT2D eigenvalue weighted by atomic mass is 9.69. The molecule has 4 nitrogen and oxygen atoms in total. The first-order valence-electron chi connectivity index (χ1n) is 9.43. The van der Waals surface area contributed by atoms with Gasteiger partial charge in [0.25, 0.3) is 0 Å². The molecule has 4 bridgehead atoms. The van der Waals surface area contributed by atoms with E-state index in [1.165, 1.54) is 25.7 Å². The molecule has 126 valence electrons. The quantitative estimate of drug-likeness (QED) is 0.454. The average molecular weight is 318 g/mol. The van der Waals surface area contributed by atoms with Crippen molar-refractivity contribution in [3.63, 3.8) is 0 Å². The van der Waals surface area contributed by atoms with E-state index in [-0.39, 0.29) is 37.0 Å². The summed E-state index contributed by atoms with van der Waals surface area (Å²) < 4.78 is 17.4. The standard InChI is InChI=1S/C19H26O4/c20-19(22-10-21-13-4-2-1-3-5-13)14-9-15-16-11-6-7-12(8-11)17(16)18(14)23-15/h6-7,11-18H,1-5,8-10H2. The molecule has 0 aromatic rings. The monoisotopic (exact) mass is 318 g/mol. The summed E-state index contributed by atoms with van der Waals surface area (Å²) in [5.41, 5.74) is 0. The number of carbonyl (C=O) groups excluding carboxylic acids is 1. The molecule has 4 heteroatoms. The fourth-order valence-electron chi connectivity index (χ4n) is 5.99. The number of allylic oxidation sites excluding steroid dienone is 2. The van der Waals surface area contributed by atoms with Gasteiger partial charge in [-0.3, -0.25) is 4.79 Å². The molecule has 0 aromatic heterocycles. The van der Waals surface area contributed by atoms with Gasteiger partial charge in [0, 0.05) is 0 Å². The van der Waals surface area contributed by atoms with Gasteiger partial charge >= 0.3 is 5.97 Å². The zero-order chi connectivity index (χ0) is 15.4. The summed E-state index contributed by atoms with van der Waals surface area (Å²) >= 11 is 0. The summed E-state index contributed by atoms with van der Waals surface area (Å²) in [6.45, 7) is 0.122. The molecule has 2 heterocycles. The maximum Gasteiger partial charge on any atom is 0.313 e. The van der Waals surface area contributed by atoms with Crippen LogP contribution in [-0.4, -0.2) is 31.1 Å². The number of hydrogen-bond acceptors (Lipinski definition) is 4. The maximum absolute atomic E-state index is 12.5. The molecule has 2 saturated carbocycles. The molecule has 2 aliphatic heterocycles. The first kappa shape index (κ1) is 14.5. The fourth-order valence-corrected chi connectivity index (χ4v) is 5.99. The van der Waals surface area contributed by atoms with E-state index in [0.29, 0.717) is 23.7 Å². The van der Waals surface area contributed by atoms with Crippen molar-refractivity contribution in [2.45, 2.75) is 63.3 Å². The number of fused-ring (bicyclic) bond motifs is 9. The Labute approximate surface area is 137 Å². The lowest BCUT2D eigenvalue weighted by molar-refractivity contribution is -0.169. The number of rotatable bonds is 4. The predicted octanol–water partition coefficient (Wildman–Crippen LogP) is 3.06. The normalized spacial score (nSPS) is 47.2. The van der Waals surface area contributed by atoms with E-state index in [9.17, 15) is 4.79 Å². The van der Waals surface area contributed by atoms with Crippen LogP contribution in [-0.2, 0) is 19.0 Å². The first-order chi connectivity index (χ1) is 11.3. The Morgan fingerprint density at radius 2 is 1.83 bits per heavy atom. The minimum absolute atomic E-state index is 0.0658. The van der Waals surface area contributed by atoms with Crippen molar-refractivity contribution in [1.29, 1.82) is 0 Å². The highest BCUT2D eigenvalue weighted by molar-refractivity contribution is 5.74. The summed E-state index contributed by atoms with van der Waals surface area (Å²) in [6, 6.07) is 0. The molecular weight excluding hydrogens is 292 g/mol. The smallest absolute Gasteiger partial charge is 0.313 e. The molecule has 5 rings (SSSR count). The molecule has 4 fully saturated rings. The SMILES string of the molecule is O=C(OCOC1CCCCC1)C1CC2OC1C1C3C=CC(C3)C21. The summed E-state index contributed by atoms with van der Waals surface area (Å²) in [5, 5.41) is 0. The molecule has 3 aliphatic carbocycles. The van der Waals surface area contributed by atoms with E-state index in [0.717, 1.165) is 19.3 Å². The van der Waals surface area contributed by atoms with Gasteiger partial charge < -0.3 is 14.2 Å². The van der Waals surface area contributed by atoms with Crippen LogP contribution < -0.4 is 0 Å². The van der Waals surface area contributed by atoms with Crippen molar-refractivity contribution < 1.29 is 19.0 Å². The second-order valence-corrected chi connectivity index (χ2v) is 8.09.